The third-order valence-corrected chi connectivity index (χ3v) is 9.15. The van der Waals surface area contributed by atoms with Crippen LogP contribution >= 0.6 is 23.2 Å². The van der Waals surface area contributed by atoms with E-state index >= 15 is 0 Å². The zero-order valence-corrected chi connectivity index (χ0v) is 26.4. The van der Waals surface area contributed by atoms with Gasteiger partial charge in [-0.2, -0.15) is 0 Å². The van der Waals surface area contributed by atoms with Gasteiger partial charge >= 0.3 is 0 Å². The third-order valence-electron chi connectivity index (χ3n) is 6.64. The number of aryl methyl sites for hydroxylation is 2. The summed E-state index contributed by atoms with van der Waals surface area (Å²) in [6.45, 7) is 9.48. The molecule has 10 heteroatoms. The van der Waals surface area contributed by atoms with Gasteiger partial charge in [-0.15, -0.1) is 0 Å². The number of carbonyl (C=O) groups is 2. The van der Waals surface area contributed by atoms with Crippen LogP contribution in [0.25, 0.3) is 0 Å². The lowest BCUT2D eigenvalue weighted by Gasteiger charge is -2.33. The van der Waals surface area contributed by atoms with Crippen LogP contribution in [0.3, 0.4) is 0 Å². The standard InChI is InChI=1S/C31H37Cl2N3O4S/c1-6-28(31(38)34-18-21(2)3)35(19-24-13-14-26(32)27(33)17-24)30(37)20-36(29-15-12-22(4)16-23(29)5)41(39,40)25-10-8-7-9-11-25/h7-17,21,28H,6,18-20H2,1-5H3,(H,34,38)/t28-/m1/s1. The van der Waals surface area contributed by atoms with Crippen LogP contribution < -0.4 is 9.62 Å². The lowest BCUT2D eigenvalue weighted by atomic mass is 10.1. The van der Waals surface area contributed by atoms with E-state index in [0.717, 1.165) is 9.87 Å². The van der Waals surface area contributed by atoms with Gasteiger partial charge in [-0.1, -0.05) is 85.9 Å². The first-order valence-electron chi connectivity index (χ1n) is 13.5. The molecule has 3 aromatic rings. The van der Waals surface area contributed by atoms with Gasteiger partial charge in [-0.3, -0.25) is 13.9 Å². The number of halogens is 2. The van der Waals surface area contributed by atoms with Crippen LogP contribution in [0.4, 0.5) is 5.69 Å². The molecule has 0 unspecified atom stereocenters. The van der Waals surface area contributed by atoms with Gasteiger partial charge in [0.2, 0.25) is 11.8 Å². The van der Waals surface area contributed by atoms with Crippen molar-refractivity contribution in [3.63, 3.8) is 0 Å². The number of hydrogen-bond acceptors (Lipinski definition) is 4. The van der Waals surface area contributed by atoms with Crippen LogP contribution in [0.1, 0.15) is 43.9 Å². The molecule has 3 aromatic carbocycles. The van der Waals surface area contributed by atoms with Gasteiger partial charge in [-0.25, -0.2) is 8.42 Å². The summed E-state index contributed by atoms with van der Waals surface area (Å²) in [4.78, 5) is 29.0. The molecule has 0 spiro atoms. The van der Waals surface area contributed by atoms with Crippen molar-refractivity contribution in [1.82, 2.24) is 10.2 Å². The minimum Gasteiger partial charge on any atom is -0.354 e. The van der Waals surface area contributed by atoms with E-state index in [4.69, 9.17) is 23.2 Å². The van der Waals surface area contributed by atoms with E-state index in [1.165, 1.54) is 17.0 Å². The van der Waals surface area contributed by atoms with Gasteiger partial charge < -0.3 is 10.2 Å². The first kappa shape index (κ1) is 32.4. The molecular formula is C31H37Cl2N3O4S. The Kier molecular flexibility index (Phi) is 11.2. The average molecular weight is 619 g/mol. The number of anilines is 1. The summed E-state index contributed by atoms with van der Waals surface area (Å²) >= 11 is 12.4. The number of nitrogens with one attached hydrogen (secondary N) is 1. The van der Waals surface area contributed by atoms with Crippen LogP contribution in [0, 0.1) is 19.8 Å². The fourth-order valence-corrected chi connectivity index (χ4v) is 6.32. The van der Waals surface area contributed by atoms with E-state index in [1.807, 2.05) is 46.8 Å². The van der Waals surface area contributed by atoms with E-state index in [1.54, 1.807) is 42.5 Å². The second kappa shape index (κ2) is 14.2. The van der Waals surface area contributed by atoms with Gasteiger partial charge in [0.1, 0.15) is 12.6 Å². The van der Waals surface area contributed by atoms with Crippen molar-refractivity contribution in [2.75, 3.05) is 17.4 Å². The first-order valence-corrected chi connectivity index (χ1v) is 15.7. The molecule has 3 rings (SSSR count). The maximum atomic E-state index is 14.2. The number of nitrogens with zero attached hydrogens (tertiary/aromatic N) is 2. The summed E-state index contributed by atoms with van der Waals surface area (Å²) < 4.78 is 29.1. The first-order chi connectivity index (χ1) is 19.3. The third kappa shape index (κ3) is 8.24. The summed E-state index contributed by atoms with van der Waals surface area (Å²) in [5, 5.41) is 3.60. The van der Waals surface area contributed by atoms with Crippen molar-refractivity contribution in [3.8, 4) is 0 Å². The minimum absolute atomic E-state index is 0.0371. The minimum atomic E-state index is -4.13. The van der Waals surface area contributed by atoms with E-state index in [0.29, 0.717) is 39.8 Å². The second-order valence-corrected chi connectivity index (χ2v) is 13.1. The molecular weight excluding hydrogens is 581 g/mol. The number of carbonyl (C=O) groups excluding carboxylic acids is 2. The number of rotatable bonds is 12. The van der Waals surface area contributed by atoms with Crippen molar-refractivity contribution in [1.29, 1.82) is 0 Å². The Hall–Kier alpha value is -3.07. The Morgan fingerprint density at radius 3 is 2.20 bits per heavy atom. The van der Waals surface area contributed by atoms with E-state index in [2.05, 4.69) is 5.32 Å². The Labute approximate surface area is 253 Å². The molecule has 0 saturated heterocycles. The monoisotopic (exact) mass is 617 g/mol. The number of hydrogen-bond donors (Lipinski definition) is 1. The molecule has 0 aromatic heterocycles. The fourth-order valence-electron chi connectivity index (χ4n) is 4.49. The van der Waals surface area contributed by atoms with E-state index < -0.39 is 28.5 Å². The average Bonchev–Trinajstić information content (AvgIpc) is 2.93. The molecule has 1 atom stereocenters. The zero-order chi connectivity index (χ0) is 30.3. The molecule has 0 saturated carbocycles. The highest BCUT2D eigenvalue weighted by Gasteiger charge is 2.34. The van der Waals surface area contributed by atoms with Crippen LogP contribution in [-0.2, 0) is 26.2 Å². The molecule has 2 amide bonds. The predicted octanol–water partition coefficient (Wildman–Crippen LogP) is 6.39. The lowest BCUT2D eigenvalue weighted by Crippen LogP contribution is -2.52. The summed E-state index contributed by atoms with van der Waals surface area (Å²) in [6.07, 6.45) is 0.325. The smallest absolute Gasteiger partial charge is 0.264 e. The molecule has 0 fully saturated rings. The molecule has 0 aliphatic carbocycles. The van der Waals surface area contributed by atoms with Crippen molar-refractivity contribution in [2.45, 2.75) is 58.5 Å². The predicted molar refractivity (Wildman–Crippen MR) is 166 cm³/mol. The molecule has 1 N–H and O–H groups in total. The normalized spacial score (nSPS) is 12.2. The largest absolute Gasteiger partial charge is 0.354 e. The van der Waals surface area contributed by atoms with E-state index in [-0.39, 0.29) is 23.3 Å². The van der Waals surface area contributed by atoms with Crippen LogP contribution in [0.15, 0.2) is 71.6 Å². The van der Waals surface area contributed by atoms with Crippen molar-refractivity contribution in [3.05, 3.63) is 93.5 Å². The van der Waals surface area contributed by atoms with Gasteiger partial charge in [0.05, 0.1) is 20.6 Å². The fraction of sp³-hybridized carbons (Fsp3) is 0.355. The van der Waals surface area contributed by atoms with Crippen LogP contribution in [0.5, 0.6) is 0 Å². The van der Waals surface area contributed by atoms with Gasteiger partial charge in [0, 0.05) is 13.1 Å². The molecule has 0 aliphatic heterocycles. The van der Waals surface area contributed by atoms with Gasteiger partial charge in [0.25, 0.3) is 10.0 Å². The highest BCUT2D eigenvalue weighted by Crippen LogP contribution is 2.29. The highest BCUT2D eigenvalue weighted by atomic mass is 35.5. The molecule has 7 nitrogen and oxygen atoms in total. The lowest BCUT2D eigenvalue weighted by molar-refractivity contribution is -0.140. The maximum Gasteiger partial charge on any atom is 0.264 e. The van der Waals surface area contributed by atoms with Crippen LogP contribution in [-0.4, -0.2) is 44.3 Å². The summed E-state index contributed by atoms with van der Waals surface area (Å²) in [6, 6.07) is 17.5. The van der Waals surface area contributed by atoms with E-state index in [9.17, 15) is 18.0 Å². The molecule has 0 bridgehead atoms. The van der Waals surface area contributed by atoms with Crippen molar-refractivity contribution >= 4 is 50.7 Å². The Morgan fingerprint density at radius 2 is 1.61 bits per heavy atom. The summed E-state index contributed by atoms with van der Waals surface area (Å²) in [7, 11) is -4.13. The SMILES string of the molecule is CC[C@H](C(=O)NCC(C)C)N(Cc1ccc(Cl)c(Cl)c1)C(=O)CN(c1ccc(C)cc1C)S(=O)(=O)c1ccccc1. The number of amides is 2. The maximum absolute atomic E-state index is 14.2. The quantitative estimate of drug-likeness (QED) is 0.255. The van der Waals surface area contributed by atoms with Gasteiger partial charge in [-0.05, 0) is 67.6 Å². The zero-order valence-electron chi connectivity index (χ0n) is 24.0. The number of sulfonamides is 1. The summed E-state index contributed by atoms with van der Waals surface area (Å²) in [5.41, 5.74) is 2.71. The molecule has 0 aliphatic rings. The molecule has 220 valence electrons. The number of benzene rings is 3. The van der Waals surface area contributed by atoms with Crippen molar-refractivity contribution < 1.29 is 18.0 Å². The van der Waals surface area contributed by atoms with Gasteiger partial charge in [0.15, 0.2) is 0 Å². The topological polar surface area (TPSA) is 86.8 Å². The molecule has 41 heavy (non-hydrogen) atoms. The second-order valence-electron chi connectivity index (χ2n) is 10.4. The Bertz CT molecular complexity index is 1480. The van der Waals surface area contributed by atoms with Crippen LogP contribution in [0.2, 0.25) is 10.0 Å². The van der Waals surface area contributed by atoms with Crippen molar-refractivity contribution in [2.24, 2.45) is 5.92 Å². The molecule has 0 heterocycles. The highest BCUT2D eigenvalue weighted by molar-refractivity contribution is 7.92. The Balaban J connectivity index is 2.08. The Morgan fingerprint density at radius 1 is 0.927 bits per heavy atom. The molecule has 0 radical (unpaired) electrons. The summed E-state index contributed by atoms with van der Waals surface area (Å²) in [5.74, 6) is -0.618.